The first kappa shape index (κ1) is 26.7. The third kappa shape index (κ3) is 9.23. The molecular weight excluding hydrogens is 410 g/mol. The van der Waals surface area contributed by atoms with Crippen LogP contribution in [0, 0.1) is 11.3 Å². The average Bonchev–Trinajstić information content (AvgIpc) is 2.77. The summed E-state index contributed by atoms with van der Waals surface area (Å²) in [6.07, 6.45) is 3.22. The summed E-state index contributed by atoms with van der Waals surface area (Å²) < 4.78 is 9.80. The van der Waals surface area contributed by atoms with E-state index in [4.69, 9.17) is 9.47 Å². The summed E-state index contributed by atoms with van der Waals surface area (Å²) in [5.74, 6) is -1.48. The molecule has 0 aliphatic heterocycles. The number of nitrogens with zero attached hydrogens (tertiary/aromatic N) is 2. The summed E-state index contributed by atoms with van der Waals surface area (Å²) in [7, 11) is 0. The van der Waals surface area contributed by atoms with Crippen molar-refractivity contribution in [1.82, 2.24) is 5.32 Å². The van der Waals surface area contributed by atoms with Crippen LogP contribution >= 0.6 is 0 Å². The van der Waals surface area contributed by atoms with Gasteiger partial charge in [0.2, 0.25) is 0 Å². The number of phenolic OH excluding ortho intramolecular Hbond substituents is 1. The maximum atomic E-state index is 12.1. The summed E-state index contributed by atoms with van der Waals surface area (Å²) in [4.78, 5) is 25.6. The molecular formula is C24H33N3O5. The van der Waals surface area contributed by atoms with E-state index in [-0.39, 0.29) is 30.1 Å². The van der Waals surface area contributed by atoms with Crippen molar-refractivity contribution in [2.24, 2.45) is 0 Å². The van der Waals surface area contributed by atoms with Crippen molar-refractivity contribution < 1.29 is 24.2 Å². The lowest BCUT2D eigenvalue weighted by Crippen LogP contribution is -2.28. The maximum absolute atomic E-state index is 12.1. The van der Waals surface area contributed by atoms with Crippen LogP contribution in [0.15, 0.2) is 35.9 Å². The van der Waals surface area contributed by atoms with Crippen LogP contribution in [0.2, 0.25) is 0 Å². The standard InChI is InChI=1S/C24H33N3O5/c1-5-11-27(12-7-10-26-6-2)21-9-8-19(22(28)16-21)15-20(17-25)24(30)32-14-13-31-23(29)18(3)4/h8-9,15-16,26,28H,3,5-7,10-14H2,1-2,4H3/b20-15+. The first-order valence-electron chi connectivity index (χ1n) is 10.7. The lowest BCUT2D eigenvalue weighted by molar-refractivity contribution is -0.147. The largest absolute Gasteiger partial charge is 0.507 e. The van der Waals surface area contributed by atoms with Gasteiger partial charge in [0.1, 0.15) is 30.6 Å². The molecule has 1 aromatic carbocycles. The van der Waals surface area contributed by atoms with Gasteiger partial charge in [-0.15, -0.1) is 0 Å². The molecule has 0 spiro atoms. The lowest BCUT2D eigenvalue weighted by atomic mass is 10.1. The number of phenols is 1. The summed E-state index contributed by atoms with van der Waals surface area (Å²) in [5.41, 5.74) is 1.18. The highest BCUT2D eigenvalue weighted by Crippen LogP contribution is 2.27. The molecule has 0 heterocycles. The van der Waals surface area contributed by atoms with Crippen LogP contribution in [0.3, 0.4) is 0 Å². The first-order chi connectivity index (χ1) is 15.3. The Bertz CT molecular complexity index is 858. The average molecular weight is 444 g/mol. The van der Waals surface area contributed by atoms with Gasteiger partial charge < -0.3 is 24.8 Å². The van der Waals surface area contributed by atoms with Gasteiger partial charge in [0.25, 0.3) is 0 Å². The smallest absolute Gasteiger partial charge is 0.349 e. The van der Waals surface area contributed by atoms with Crippen molar-refractivity contribution in [3.8, 4) is 11.8 Å². The van der Waals surface area contributed by atoms with E-state index in [9.17, 15) is 20.0 Å². The van der Waals surface area contributed by atoms with Crippen LogP contribution in [0.5, 0.6) is 5.75 Å². The van der Waals surface area contributed by atoms with Gasteiger partial charge in [-0.3, -0.25) is 0 Å². The van der Waals surface area contributed by atoms with Gasteiger partial charge in [0, 0.05) is 36.0 Å². The third-order valence-corrected chi connectivity index (χ3v) is 4.44. The Balaban J connectivity index is 2.81. The third-order valence-electron chi connectivity index (χ3n) is 4.44. The fourth-order valence-corrected chi connectivity index (χ4v) is 2.82. The molecule has 0 fully saturated rings. The monoisotopic (exact) mass is 443 g/mol. The normalized spacial score (nSPS) is 10.9. The number of aromatic hydroxyl groups is 1. The van der Waals surface area contributed by atoms with Crippen LogP contribution in [0.4, 0.5) is 5.69 Å². The highest BCUT2D eigenvalue weighted by Gasteiger charge is 2.14. The Morgan fingerprint density at radius 1 is 1.22 bits per heavy atom. The molecule has 8 heteroatoms. The second kappa shape index (κ2) is 14.7. The van der Waals surface area contributed by atoms with Crippen LogP contribution in [0.1, 0.15) is 39.2 Å². The summed E-state index contributed by atoms with van der Waals surface area (Å²) in [6.45, 7) is 12.3. The van der Waals surface area contributed by atoms with Gasteiger partial charge in [0.15, 0.2) is 0 Å². The maximum Gasteiger partial charge on any atom is 0.349 e. The molecule has 0 saturated heterocycles. The molecule has 0 radical (unpaired) electrons. The fourth-order valence-electron chi connectivity index (χ4n) is 2.82. The minimum Gasteiger partial charge on any atom is -0.507 e. The van der Waals surface area contributed by atoms with E-state index in [2.05, 4.69) is 30.6 Å². The Labute approximate surface area is 190 Å². The highest BCUT2D eigenvalue weighted by molar-refractivity contribution is 5.98. The minimum atomic E-state index is -0.863. The van der Waals surface area contributed by atoms with Crippen molar-refractivity contribution in [2.45, 2.75) is 33.6 Å². The van der Waals surface area contributed by atoms with Crippen molar-refractivity contribution >= 4 is 23.7 Å². The SMILES string of the molecule is C=C(C)C(=O)OCCOC(=O)/C(C#N)=C/c1ccc(N(CCC)CCCNCC)cc1O. The zero-order chi connectivity index (χ0) is 23.9. The molecule has 174 valence electrons. The number of hydrogen-bond donors (Lipinski definition) is 2. The molecule has 0 saturated carbocycles. The number of nitriles is 1. The van der Waals surface area contributed by atoms with E-state index < -0.39 is 11.9 Å². The molecule has 8 nitrogen and oxygen atoms in total. The van der Waals surface area contributed by atoms with Gasteiger partial charge in [-0.05, 0) is 51.1 Å². The Morgan fingerprint density at radius 2 is 1.91 bits per heavy atom. The number of carbonyl (C=O) groups is 2. The number of benzene rings is 1. The molecule has 2 N–H and O–H groups in total. The van der Waals surface area contributed by atoms with E-state index in [0.29, 0.717) is 5.56 Å². The van der Waals surface area contributed by atoms with Gasteiger partial charge >= 0.3 is 11.9 Å². The second-order valence-electron chi connectivity index (χ2n) is 7.16. The minimum absolute atomic E-state index is 0.0359. The number of rotatable bonds is 14. The first-order valence-corrected chi connectivity index (χ1v) is 10.7. The van der Waals surface area contributed by atoms with Gasteiger partial charge in [-0.25, -0.2) is 9.59 Å². The molecule has 1 aromatic rings. The Morgan fingerprint density at radius 3 is 2.47 bits per heavy atom. The van der Waals surface area contributed by atoms with Crippen LogP contribution in [-0.4, -0.2) is 56.4 Å². The number of anilines is 1. The lowest BCUT2D eigenvalue weighted by Gasteiger charge is -2.25. The van der Waals surface area contributed by atoms with Crippen molar-refractivity contribution in [1.29, 1.82) is 5.26 Å². The Kier molecular flexibility index (Phi) is 12.2. The van der Waals surface area contributed by atoms with Crippen molar-refractivity contribution in [3.63, 3.8) is 0 Å². The molecule has 0 aromatic heterocycles. The highest BCUT2D eigenvalue weighted by atomic mass is 16.6. The quantitative estimate of drug-likeness (QED) is 0.195. The van der Waals surface area contributed by atoms with Crippen LogP contribution in [0.25, 0.3) is 6.08 Å². The summed E-state index contributed by atoms with van der Waals surface area (Å²) >= 11 is 0. The molecule has 0 unspecified atom stereocenters. The molecule has 0 atom stereocenters. The number of ether oxygens (including phenoxy) is 2. The number of carbonyl (C=O) groups excluding carboxylic acids is 2. The Hall–Kier alpha value is -3.31. The number of nitrogens with one attached hydrogen (secondary N) is 1. The zero-order valence-corrected chi connectivity index (χ0v) is 19.1. The molecule has 0 aliphatic rings. The topological polar surface area (TPSA) is 112 Å². The van der Waals surface area contributed by atoms with Gasteiger partial charge in [0.05, 0.1) is 0 Å². The molecule has 0 amide bonds. The van der Waals surface area contributed by atoms with Gasteiger partial charge in [-0.2, -0.15) is 5.26 Å². The molecule has 32 heavy (non-hydrogen) atoms. The molecule has 0 aliphatic carbocycles. The van der Waals surface area contributed by atoms with Crippen LogP contribution in [-0.2, 0) is 19.1 Å². The number of hydrogen-bond acceptors (Lipinski definition) is 8. The van der Waals surface area contributed by atoms with Crippen molar-refractivity contribution in [2.75, 3.05) is 44.3 Å². The van der Waals surface area contributed by atoms with Gasteiger partial charge in [-0.1, -0.05) is 20.4 Å². The summed E-state index contributed by atoms with van der Waals surface area (Å²) in [6, 6.07) is 6.93. The predicted molar refractivity (Wildman–Crippen MR) is 124 cm³/mol. The van der Waals surface area contributed by atoms with E-state index >= 15 is 0 Å². The molecule has 0 bridgehead atoms. The molecule has 1 rings (SSSR count). The van der Waals surface area contributed by atoms with Crippen molar-refractivity contribution in [3.05, 3.63) is 41.5 Å². The van der Waals surface area contributed by atoms with E-state index in [1.807, 2.05) is 6.07 Å². The van der Waals surface area contributed by atoms with Crippen LogP contribution < -0.4 is 10.2 Å². The fraction of sp³-hybridized carbons (Fsp3) is 0.458. The second-order valence-corrected chi connectivity index (χ2v) is 7.16. The summed E-state index contributed by atoms with van der Waals surface area (Å²) in [5, 5.41) is 23.1. The van der Waals surface area contributed by atoms with E-state index in [1.54, 1.807) is 18.2 Å². The number of esters is 2. The van der Waals surface area contributed by atoms with E-state index in [0.717, 1.165) is 44.7 Å². The predicted octanol–water partition coefficient (Wildman–Crippen LogP) is 3.18. The van der Waals surface area contributed by atoms with E-state index in [1.165, 1.54) is 13.0 Å². The zero-order valence-electron chi connectivity index (χ0n) is 19.1.